The van der Waals surface area contributed by atoms with Gasteiger partial charge in [0.1, 0.15) is 11.8 Å². The molecular weight excluding hydrogens is 303 g/mol. The van der Waals surface area contributed by atoms with E-state index in [-0.39, 0.29) is 5.76 Å². The van der Waals surface area contributed by atoms with Crippen molar-refractivity contribution in [3.63, 3.8) is 0 Å². The molecule has 2 aromatic carbocycles. The van der Waals surface area contributed by atoms with E-state index in [0.29, 0.717) is 5.69 Å². The minimum atomic E-state index is -4.41. The number of benzene rings is 2. The van der Waals surface area contributed by atoms with Crippen LogP contribution in [0.3, 0.4) is 0 Å². The Hall–Kier alpha value is -2.69. The molecule has 23 heavy (non-hydrogen) atoms. The van der Waals surface area contributed by atoms with Crippen LogP contribution in [0.1, 0.15) is 17.2 Å². The molecule has 0 fully saturated rings. The second kappa shape index (κ2) is 5.83. The quantitative estimate of drug-likeness (QED) is 0.820. The van der Waals surface area contributed by atoms with Crippen molar-refractivity contribution in [1.29, 1.82) is 0 Å². The Bertz CT molecular complexity index is 750. The molecule has 1 aliphatic rings. The van der Waals surface area contributed by atoms with Crippen LogP contribution in [0.5, 0.6) is 0 Å². The summed E-state index contributed by atoms with van der Waals surface area (Å²) < 4.78 is 38.8. The lowest BCUT2D eigenvalue weighted by Gasteiger charge is -2.33. The fourth-order valence-electron chi connectivity index (χ4n) is 2.60. The molecule has 5 heteroatoms. The highest BCUT2D eigenvalue weighted by Gasteiger charge is 2.32. The van der Waals surface area contributed by atoms with Crippen LogP contribution in [0.25, 0.3) is 0 Å². The molecule has 0 aliphatic carbocycles. The van der Waals surface area contributed by atoms with Gasteiger partial charge in [0, 0.05) is 11.9 Å². The van der Waals surface area contributed by atoms with Gasteiger partial charge in [0.25, 0.3) is 0 Å². The van der Waals surface area contributed by atoms with E-state index < -0.39 is 17.8 Å². The molecule has 1 atom stereocenters. The number of allylic oxidation sites excluding steroid dienone is 2. The Morgan fingerprint density at radius 2 is 1.70 bits per heavy atom. The first-order valence-electron chi connectivity index (χ1n) is 7.05. The fraction of sp³-hybridized carbons (Fsp3) is 0.111. The van der Waals surface area contributed by atoms with E-state index >= 15 is 0 Å². The Morgan fingerprint density at radius 1 is 0.957 bits per heavy atom. The van der Waals surface area contributed by atoms with Gasteiger partial charge in [-0.05, 0) is 35.9 Å². The van der Waals surface area contributed by atoms with Crippen LogP contribution in [0.2, 0.25) is 0 Å². The molecule has 2 aromatic rings. The molecule has 2 nitrogen and oxygen atoms in total. The summed E-state index contributed by atoms with van der Waals surface area (Å²) >= 11 is 0. The first kappa shape index (κ1) is 15.2. The van der Waals surface area contributed by atoms with Crippen LogP contribution in [0.15, 0.2) is 78.7 Å². The second-order valence-electron chi connectivity index (χ2n) is 5.20. The Labute approximate surface area is 131 Å². The maximum Gasteiger partial charge on any atom is 0.416 e. The van der Waals surface area contributed by atoms with Gasteiger partial charge in [0.15, 0.2) is 0 Å². The van der Waals surface area contributed by atoms with Crippen LogP contribution >= 0.6 is 0 Å². The third-order valence-electron chi connectivity index (χ3n) is 3.66. The fourth-order valence-corrected chi connectivity index (χ4v) is 2.60. The minimum absolute atomic E-state index is 0.0797. The Balaban J connectivity index is 2.04. The lowest BCUT2D eigenvalue weighted by atomic mass is 10.00. The van der Waals surface area contributed by atoms with E-state index in [9.17, 15) is 18.3 Å². The van der Waals surface area contributed by atoms with Crippen LogP contribution < -0.4 is 4.90 Å². The topological polar surface area (TPSA) is 23.5 Å². The van der Waals surface area contributed by atoms with E-state index in [1.54, 1.807) is 29.3 Å². The van der Waals surface area contributed by atoms with Crippen LogP contribution in [0, 0.1) is 0 Å². The lowest BCUT2D eigenvalue weighted by Crippen LogP contribution is -2.27. The van der Waals surface area contributed by atoms with Crippen molar-refractivity contribution in [3.05, 3.63) is 89.8 Å². The third-order valence-corrected chi connectivity index (χ3v) is 3.66. The number of alkyl halides is 3. The molecule has 0 saturated heterocycles. The van der Waals surface area contributed by atoms with Gasteiger partial charge < -0.3 is 10.0 Å². The molecule has 0 saturated carbocycles. The van der Waals surface area contributed by atoms with Crippen molar-refractivity contribution < 1.29 is 18.3 Å². The predicted molar refractivity (Wildman–Crippen MR) is 83.0 cm³/mol. The van der Waals surface area contributed by atoms with E-state index in [1.165, 1.54) is 6.07 Å². The maximum atomic E-state index is 12.9. The minimum Gasteiger partial charge on any atom is -0.510 e. The average molecular weight is 317 g/mol. The zero-order valence-corrected chi connectivity index (χ0v) is 12.0. The molecule has 0 aromatic heterocycles. The molecule has 3 rings (SSSR count). The van der Waals surface area contributed by atoms with E-state index in [0.717, 1.165) is 17.7 Å². The summed E-state index contributed by atoms with van der Waals surface area (Å²) in [5, 5.41) is 10.2. The highest BCUT2D eigenvalue weighted by molar-refractivity contribution is 5.57. The number of anilines is 1. The van der Waals surface area contributed by atoms with E-state index in [4.69, 9.17) is 0 Å². The number of rotatable bonds is 2. The van der Waals surface area contributed by atoms with Crippen molar-refractivity contribution in [2.75, 3.05) is 4.90 Å². The van der Waals surface area contributed by atoms with Gasteiger partial charge in [-0.3, -0.25) is 0 Å². The van der Waals surface area contributed by atoms with Crippen molar-refractivity contribution in [2.45, 2.75) is 12.2 Å². The van der Waals surface area contributed by atoms with Crippen molar-refractivity contribution in [3.8, 4) is 0 Å². The highest BCUT2D eigenvalue weighted by atomic mass is 19.4. The number of aliphatic hydroxyl groups is 1. The Kier molecular flexibility index (Phi) is 3.86. The molecule has 0 amide bonds. The van der Waals surface area contributed by atoms with Gasteiger partial charge in [-0.2, -0.15) is 13.2 Å². The molecule has 1 N–H and O–H groups in total. The van der Waals surface area contributed by atoms with Crippen molar-refractivity contribution in [2.24, 2.45) is 0 Å². The van der Waals surface area contributed by atoms with Gasteiger partial charge in [0.05, 0.1) is 5.56 Å². The Morgan fingerprint density at radius 3 is 2.39 bits per heavy atom. The molecule has 0 spiro atoms. The van der Waals surface area contributed by atoms with Crippen LogP contribution in [-0.2, 0) is 6.18 Å². The van der Waals surface area contributed by atoms with Crippen LogP contribution in [-0.4, -0.2) is 5.11 Å². The summed E-state index contributed by atoms with van der Waals surface area (Å²) in [6, 6.07) is 13.7. The van der Waals surface area contributed by atoms with Gasteiger partial charge in [-0.15, -0.1) is 0 Å². The van der Waals surface area contributed by atoms with Gasteiger partial charge in [-0.25, -0.2) is 0 Å². The standard InChI is InChI=1S/C18H14F3NO/c19-18(20,21)14-8-4-9-15(12-14)22-11-5-10-16(23)17(22)13-6-2-1-3-7-13/h1-12,17,23H. The van der Waals surface area contributed by atoms with E-state index in [1.807, 2.05) is 30.3 Å². The van der Waals surface area contributed by atoms with Crippen LogP contribution in [0.4, 0.5) is 18.9 Å². The molecule has 1 unspecified atom stereocenters. The molecular formula is C18H14F3NO. The first-order valence-corrected chi connectivity index (χ1v) is 7.05. The summed E-state index contributed by atoms with van der Waals surface area (Å²) in [6.07, 6.45) is 0.402. The molecule has 1 heterocycles. The summed E-state index contributed by atoms with van der Waals surface area (Å²) in [7, 11) is 0. The third kappa shape index (κ3) is 3.08. The summed E-state index contributed by atoms with van der Waals surface area (Å²) in [4.78, 5) is 1.62. The summed E-state index contributed by atoms with van der Waals surface area (Å²) in [6.45, 7) is 0. The summed E-state index contributed by atoms with van der Waals surface area (Å²) in [5.41, 5.74) is 0.442. The lowest BCUT2D eigenvalue weighted by molar-refractivity contribution is -0.137. The number of nitrogens with zero attached hydrogens (tertiary/aromatic N) is 1. The summed E-state index contributed by atoms with van der Waals surface area (Å²) in [5.74, 6) is 0.0797. The highest BCUT2D eigenvalue weighted by Crippen LogP contribution is 2.37. The van der Waals surface area contributed by atoms with E-state index in [2.05, 4.69) is 0 Å². The molecule has 0 bridgehead atoms. The van der Waals surface area contributed by atoms with Crippen molar-refractivity contribution in [1.82, 2.24) is 0 Å². The number of hydrogen-bond acceptors (Lipinski definition) is 2. The molecule has 0 radical (unpaired) electrons. The predicted octanol–water partition coefficient (Wildman–Crippen LogP) is 5.22. The van der Waals surface area contributed by atoms with Gasteiger partial charge >= 0.3 is 6.18 Å². The second-order valence-corrected chi connectivity index (χ2v) is 5.20. The number of halogens is 3. The largest absolute Gasteiger partial charge is 0.510 e. The van der Waals surface area contributed by atoms with Gasteiger partial charge in [0.2, 0.25) is 0 Å². The molecule has 1 aliphatic heterocycles. The number of aliphatic hydroxyl groups excluding tert-OH is 1. The van der Waals surface area contributed by atoms with Gasteiger partial charge in [-0.1, -0.05) is 36.4 Å². The SMILES string of the molecule is OC1=CC=CN(c2cccc(C(F)(F)F)c2)C1c1ccccc1. The monoisotopic (exact) mass is 317 g/mol. The first-order chi connectivity index (χ1) is 11.0. The maximum absolute atomic E-state index is 12.9. The average Bonchev–Trinajstić information content (AvgIpc) is 2.55. The smallest absolute Gasteiger partial charge is 0.416 e. The number of hydrogen-bond donors (Lipinski definition) is 1. The zero-order chi connectivity index (χ0) is 16.4. The molecule has 118 valence electrons. The zero-order valence-electron chi connectivity index (χ0n) is 12.0. The van der Waals surface area contributed by atoms with Crippen molar-refractivity contribution >= 4 is 5.69 Å². The normalized spacial score (nSPS) is 18.0.